The number of anilines is 1. The van der Waals surface area contributed by atoms with Gasteiger partial charge in [0.1, 0.15) is 5.01 Å². The maximum absolute atomic E-state index is 4.29. The van der Waals surface area contributed by atoms with E-state index in [9.17, 15) is 0 Å². The Morgan fingerprint density at radius 3 is 2.77 bits per heavy atom. The quantitative estimate of drug-likeness (QED) is 0.721. The minimum Gasteiger partial charge on any atom is -0.360 e. The van der Waals surface area contributed by atoms with Crippen LogP contribution in [0.4, 0.5) is 5.13 Å². The van der Waals surface area contributed by atoms with Crippen molar-refractivity contribution in [1.29, 1.82) is 0 Å². The molecule has 3 rings (SSSR count). The van der Waals surface area contributed by atoms with Gasteiger partial charge >= 0.3 is 0 Å². The zero-order valence-electron chi connectivity index (χ0n) is 12.1. The van der Waals surface area contributed by atoms with Gasteiger partial charge in [0.15, 0.2) is 0 Å². The van der Waals surface area contributed by atoms with E-state index in [-0.39, 0.29) is 0 Å². The molecule has 0 saturated heterocycles. The molecule has 0 aliphatic rings. The first-order chi connectivity index (χ1) is 10.7. The molecule has 0 fully saturated rings. The molecule has 22 heavy (non-hydrogen) atoms. The molecular formula is C16H15BrN4S. The smallest absolute Gasteiger partial charge is 0.206 e. The number of nitrogens with zero attached hydrogens (tertiary/aromatic N) is 3. The number of benzene rings is 1. The van der Waals surface area contributed by atoms with Crippen molar-refractivity contribution < 1.29 is 0 Å². The molecule has 0 saturated carbocycles. The molecule has 0 amide bonds. The number of halogens is 1. The molecule has 4 nitrogen and oxygen atoms in total. The van der Waals surface area contributed by atoms with Crippen LogP contribution < -0.4 is 5.32 Å². The van der Waals surface area contributed by atoms with E-state index in [0.717, 1.165) is 33.1 Å². The summed E-state index contributed by atoms with van der Waals surface area (Å²) in [4.78, 5) is 4.02. The highest BCUT2D eigenvalue weighted by Crippen LogP contribution is 2.30. The summed E-state index contributed by atoms with van der Waals surface area (Å²) in [5, 5.41) is 13.6. The minimum atomic E-state index is 0.829. The van der Waals surface area contributed by atoms with Crippen molar-refractivity contribution in [3.8, 4) is 10.6 Å². The third-order valence-electron chi connectivity index (χ3n) is 3.29. The summed E-state index contributed by atoms with van der Waals surface area (Å²) >= 11 is 5.08. The molecule has 2 aromatic heterocycles. The third kappa shape index (κ3) is 3.69. The summed E-state index contributed by atoms with van der Waals surface area (Å²) in [5.41, 5.74) is 3.58. The second-order valence-electron chi connectivity index (χ2n) is 4.90. The monoisotopic (exact) mass is 374 g/mol. The van der Waals surface area contributed by atoms with Crippen LogP contribution in [-0.4, -0.2) is 21.7 Å². The van der Waals surface area contributed by atoms with Crippen LogP contribution in [0.3, 0.4) is 0 Å². The van der Waals surface area contributed by atoms with Gasteiger partial charge in [0.25, 0.3) is 0 Å². The summed E-state index contributed by atoms with van der Waals surface area (Å²) in [7, 11) is 0. The molecule has 0 bridgehead atoms. The Hall–Kier alpha value is -1.79. The molecule has 112 valence electrons. The first-order valence-electron chi connectivity index (χ1n) is 6.95. The van der Waals surface area contributed by atoms with Crippen LogP contribution in [0.1, 0.15) is 11.1 Å². The van der Waals surface area contributed by atoms with E-state index in [1.807, 2.05) is 30.6 Å². The van der Waals surface area contributed by atoms with Crippen molar-refractivity contribution in [1.82, 2.24) is 15.2 Å². The topological polar surface area (TPSA) is 50.7 Å². The van der Waals surface area contributed by atoms with Crippen LogP contribution in [0.2, 0.25) is 0 Å². The number of rotatable bonds is 5. The molecule has 0 spiro atoms. The van der Waals surface area contributed by atoms with E-state index in [1.54, 1.807) is 11.3 Å². The summed E-state index contributed by atoms with van der Waals surface area (Å²) in [6.07, 6.45) is 4.57. The maximum Gasteiger partial charge on any atom is 0.206 e. The molecular weight excluding hydrogens is 360 g/mol. The molecule has 0 atom stereocenters. The summed E-state index contributed by atoms with van der Waals surface area (Å²) in [6.45, 7) is 2.91. The van der Waals surface area contributed by atoms with Crippen molar-refractivity contribution in [2.24, 2.45) is 0 Å². The van der Waals surface area contributed by atoms with E-state index < -0.39 is 0 Å². The zero-order chi connectivity index (χ0) is 15.4. The lowest BCUT2D eigenvalue weighted by atomic mass is 10.1. The predicted octanol–water partition coefficient (Wildman–Crippen LogP) is 4.33. The largest absolute Gasteiger partial charge is 0.360 e. The van der Waals surface area contributed by atoms with Crippen LogP contribution >= 0.6 is 27.3 Å². The van der Waals surface area contributed by atoms with Crippen molar-refractivity contribution in [2.75, 3.05) is 11.9 Å². The number of hydrogen-bond acceptors (Lipinski definition) is 5. The van der Waals surface area contributed by atoms with Crippen molar-refractivity contribution in [3.63, 3.8) is 0 Å². The number of hydrogen-bond donors (Lipinski definition) is 1. The molecule has 0 aliphatic carbocycles. The predicted molar refractivity (Wildman–Crippen MR) is 94.2 cm³/mol. The number of aryl methyl sites for hydroxylation is 1. The lowest BCUT2D eigenvalue weighted by Crippen LogP contribution is -2.04. The Balaban J connectivity index is 1.65. The first-order valence-corrected chi connectivity index (χ1v) is 8.56. The minimum absolute atomic E-state index is 0.829. The fourth-order valence-electron chi connectivity index (χ4n) is 2.09. The van der Waals surface area contributed by atoms with Crippen LogP contribution in [0, 0.1) is 6.92 Å². The molecule has 3 aromatic rings. The third-order valence-corrected chi connectivity index (χ3v) is 4.70. The van der Waals surface area contributed by atoms with Crippen LogP contribution in [0.15, 0.2) is 47.2 Å². The summed E-state index contributed by atoms with van der Waals surface area (Å²) in [6, 6.07) is 10.2. The molecule has 0 aliphatic heterocycles. The lowest BCUT2D eigenvalue weighted by molar-refractivity contribution is 0.990. The van der Waals surface area contributed by atoms with Gasteiger partial charge < -0.3 is 5.32 Å². The van der Waals surface area contributed by atoms with E-state index >= 15 is 0 Å². The highest BCUT2D eigenvalue weighted by atomic mass is 79.9. The highest BCUT2D eigenvalue weighted by molar-refractivity contribution is 9.10. The average Bonchev–Trinajstić information content (AvgIpc) is 2.99. The van der Waals surface area contributed by atoms with Gasteiger partial charge in [-0.25, -0.2) is 0 Å². The van der Waals surface area contributed by atoms with Crippen LogP contribution in [0.5, 0.6) is 0 Å². The molecule has 1 aromatic carbocycles. The molecule has 0 radical (unpaired) electrons. The Labute approximate surface area is 141 Å². The lowest BCUT2D eigenvalue weighted by Gasteiger charge is -2.02. The molecule has 1 N–H and O–H groups in total. The molecule has 6 heteroatoms. The van der Waals surface area contributed by atoms with Gasteiger partial charge in [-0.15, -0.1) is 10.2 Å². The summed E-state index contributed by atoms with van der Waals surface area (Å²) < 4.78 is 1.05. The van der Waals surface area contributed by atoms with Gasteiger partial charge in [0.2, 0.25) is 5.13 Å². The van der Waals surface area contributed by atoms with Gasteiger partial charge in [0.05, 0.1) is 0 Å². The van der Waals surface area contributed by atoms with E-state index in [1.165, 1.54) is 11.1 Å². The second kappa shape index (κ2) is 6.98. The van der Waals surface area contributed by atoms with Gasteiger partial charge in [-0.3, -0.25) is 4.98 Å². The summed E-state index contributed by atoms with van der Waals surface area (Å²) in [5.74, 6) is 0. The van der Waals surface area contributed by atoms with Crippen LogP contribution in [-0.2, 0) is 6.42 Å². The first kappa shape index (κ1) is 15.1. The number of pyridine rings is 1. The van der Waals surface area contributed by atoms with Gasteiger partial charge in [-0.05, 0) is 48.7 Å². The zero-order valence-corrected chi connectivity index (χ0v) is 14.5. The fraction of sp³-hybridized carbons (Fsp3) is 0.188. The Morgan fingerprint density at radius 1 is 1.14 bits per heavy atom. The van der Waals surface area contributed by atoms with E-state index in [4.69, 9.17) is 0 Å². The van der Waals surface area contributed by atoms with Gasteiger partial charge in [-0.1, -0.05) is 33.3 Å². The Bertz CT molecular complexity index is 758. The van der Waals surface area contributed by atoms with E-state index in [0.29, 0.717) is 0 Å². The Morgan fingerprint density at radius 2 is 1.95 bits per heavy atom. The highest BCUT2D eigenvalue weighted by Gasteiger charge is 2.09. The maximum atomic E-state index is 4.29. The van der Waals surface area contributed by atoms with Crippen molar-refractivity contribution in [2.45, 2.75) is 13.3 Å². The molecule has 2 heterocycles. The molecule has 0 unspecified atom stereocenters. The number of aromatic nitrogens is 3. The standard InChI is InChI=1S/C16H15BrN4S/c1-11-2-3-13(17)10-14(11)15-20-21-16(22-15)19-9-6-12-4-7-18-8-5-12/h2-5,7-8,10H,6,9H2,1H3,(H,19,21). The Kier molecular flexibility index (Phi) is 4.80. The van der Waals surface area contributed by atoms with Gasteiger partial charge in [0, 0.05) is 29.0 Å². The van der Waals surface area contributed by atoms with Crippen LogP contribution in [0.25, 0.3) is 10.6 Å². The fourth-order valence-corrected chi connectivity index (χ4v) is 3.30. The normalized spacial score (nSPS) is 10.6. The number of nitrogens with one attached hydrogen (secondary N) is 1. The second-order valence-corrected chi connectivity index (χ2v) is 6.80. The SMILES string of the molecule is Cc1ccc(Br)cc1-c1nnc(NCCc2ccncc2)s1. The van der Waals surface area contributed by atoms with Gasteiger partial charge in [-0.2, -0.15) is 0 Å². The van der Waals surface area contributed by atoms with E-state index in [2.05, 4.69) is 55.5 Å². The average molecular weight is 375 g/mol. The van der Waals surface area contributed by atoms with Crippen molar-refractivity contribution >= 4 is 32.4 Å². The van der Waals surface area contributed by atoms with Crippen molar-refractivity contribution in [3.05, 3.63) is 58.3 Å².